The molecule has 1 aromatic heterocycles. The second-order valence-corrected chi connectivity index (χ2v) is 4.75. The third-order valence-electron chi connectivity index (χ3n) is 2.45. The fraction of sp³-hybridized carbons (Fsp3) is 0.167. The first-order chi connectivity index (χ1) is 9.56. The third kappa shape index (κ3) is 3.58. The van der Waals surface area contributed by atoms with Crippen LogP contribution in [0.2, 0.25) is 0 Å². The number of aryl methyl sites for hydroxylation is 1. The highest BCUT2D eigenvalue weighted by molar-refractivity contribution is 7.07. The molecular formula is C12H11FN4O2S. The molecule has 0 aliphatic heterocycles. The van der Waals surface area contributed by atoms with Crippen molar-refractivity contribution in [1.82, 2.24) is 20.4 Å². The number of hydrogen-bond donors (Lipinski definition) is 2. The first-order valence-corrected chi connectivity index (χ1v) is 6.46. The molecule has 0 saturated carbocycles. The van der Waals surface area contributed by atoms with Gasteiger partial charge < -0.3 is 0 Å². The van der Waals surface area contributed by atoms with E-state index in [4.69, 9.17) is 0 Å². The van der Waals surface area contributed by atoms with E-state index in [1.165, 1.54) is 24.3 Å². The van der Waals surface area contributed by atoms with Crippen molar-refractivity contribution in [3.05, 3.63) is 46.2 Å². The number of carbonyl (C=O) groups is 2. The van der Waals surface area contributed by atoms with Gasteiger partial charge in [0.15, 0.2) is 0 Å². The Morgan fingerprint density at radius 1 is 1.25 bits per heavy atom. The Morgan fingerprint density at radius 3 is 2.55 bits per heavy atom. The third-order valence-corrected chi connectivity index (χ3v) is 3.28. The second-order valence-electron chi connectivity index (χ2n) is 3.99. The minimum Gasteiger partial charge on any atom is -0.273 e. The van der Waals surface area contributed by atoms with E-state index in [9.17, 15) is 14.0 Å². The van der Waals surface area contributed by atoms with Crippen LogP contribution in [0.1, 0.15) is 20.9 Å². The standard InChI is InChI=1S/C12H11FN4O2S/c1-7-11(20-17-14-7)12(19)16-15-10(18)6-8-2-4-9(13)5-3-8/h2-5H,6H2,1H3,(H,15,18)(H,16,19). The van der Waals surface area contributed by atoms with Gasteiger partial charge in [-0.3, -0.25) is 20.4 Å². The fourth-order valence-electron chi connectivity index (χ4n) is 1.45. The molecule has 0 aliphatic carbocycles. The second kappa shape index (κ2) is 6.20. The van der Waals surface area contributed by atoms with Crippen LogP contribution in [0.5, 0.6) is 0 Å². The van der Waals surface area contributed by atoms with Gasteiger partial charge in [0, 0.05) is 0 Å². The van der Waals surface area contributed by atoms with Gasteiger partial charge in [0.25, 0.3) is 5.91 Å². The van der Waals surface area contributed by atoms with Crippen LogP contribution in [-0.2, 0) is 11.2 Å². The smallest absolute Gasteiger partial charge is 0.273 e. The molecule has 1 aromatic carbocycles. The number of rotatable bonds is 3. The molecule has 2 amide bonds. The molecule has 6 nitrogen and oxygen atoms in total. The van der Waals surface area contributed by atoms with E-state index >= 15 is 0 Å². The minimum atomic E-state index is -0.468. The molecule has 20 heavy (non-hydrogen) atoms. The van der Waals surface area contributed by atoms with E-state index in [-0.39, 0.29) is 12.2 Å². The van der Waals surface area contributed by atoms with Crippen molar-refractivity contribution in [3.8, 4) is 0 Å². The minimum absolute atomic E-state index is 0.0421. The Hall–Kier alpha value is -2.35. The van der Waals surface area contributed by atoms with Crippen LogP contribution in [0.4, 0.5) is 4.39 Å². The monoisotopic (exact) mass is 294 g/mol. The summed E-state index contributed by atoms with van der Waals surface area (Å²) in [6, 6.07) is 5.56. The number of halogens is 1. The molecule has 1 heterocycles. The van der Waals surface area contributed by atoms with Crippen LogP contribution >= 0.6 is 11.5 Å². The Labute approximate surface area is 118 Å². The van der Waals surface area contributed by atoms with Gasteiger partial charge in [-0.05, 0) is 36.2 Å². The van der Waals surface area contributed by atoms with Crippen molar-refractivity contribution in [2.75, 3.05) is 0 Å². The Kier molecular flexibility index (Phi) is 4.36. The first kappa shape index (κ1) is 14.1. The summed E-state index contributed by atoms with van der Waals surface area (Å²) >= 11 is 0.949. The summed E-state index contributed by atoms with van der Waals surface area (Å²) in [6.07, 6.45) is 0.0421. The lowest BCUT2D eigenvalue weighted by Gasteiger charge is -2.06. The van der Waals surface area contributed by atoms with E-state index in [2.05, 4.69) is 20.4 Å². The highest BCUT2D eigenvalue weighted by Crippen LogP contribution is 2.08. The molecule has 0 radical (unpaired) electrons. The molecule has 0 fully saturated rings. The van der Waals surface area contributed by atoms with Crippen LogP contribution in [-0.4, -0.2) is 21.4 Å². The van der Waals surface area contributed by atoms with Crippen molar-refractivity contribution in [2.45, 2.75) is 13.3 Å². The predicted octanol–water partition coefficient (Wildman–Crippen LogP) is 0.989. The summed E-state index contributed by atoms with van der Waals surface area (Å²) in [7, 11) is 0. The number of nitrogens with zero attached hydrogens (tertiary/aromatic N) is 2. The maximum Gasteiger partial charge on any atom is 0.283 e. The Balaban J connectivity index is 1.85. The highest BCUT2D eigenvalue weighted by Gasteiger charge is 2.13. The number of hydrogen-bond acceptors (Lipinski definition) is 5. The SMILES string of the molecule is Cc1nnsc1C(=O)NNC(=O)Cc1ccc(F)cc1. The van der Waals surface area contributed by atoms with Gasteiger partial charge in [0.05, 0.1) is 12.1 Å². The topological polar surface area (TPSA) is 84.0 Å². The van der Waals surface area contributed by atoms with Crippen LogP contribution < -0.4 is 10.9 Å². The fourth-order valence-corrected chi connectivity index (χ4v) is 2.01. The lowest BCUT2D eigenvalue weighted by Crippen LogP contribution is -2.42. The van der Waals surface area contributed by atoms with E-state index in [0.29, 0.717) is 16.1 Å². The van der Waals surface area contributed by atoms with Crippen LogP contribution in [0, 0.1) is 12.7 Å². The van der Waals surface area contributed by atoms with E-state index in [1.807, 2.05) is 0 Å². The van der Waals surface area contributed by atoms with Crippen LogP contribution in [0.3, 0.4) is 0 Å². The first-order valence-electron chi connectivity index (χ1n) is 5.69. The molecular weight excluding hydrogens is 283 g/mol. The van der Waals surface area contributed by atoms with Gasteiger partial charge in [-0.25, -0.2) is 4.39 Å². The van der Waals surface area contributed by atoms with E-state index < -0.39 is 11.8 Å². The number of benzene rings is 1. The number of amides is 2. The highest BCUT2D eigenvalue weighted by atomic mass is 32.1. The molecule has 104 valence electrons. The van der Waals surface area contributed by atoms with Crippen molar-refractivity contribution in [1.29, 1.82) is 0 Å². The molecule has 0 aliphatic rings. The number of carbonyl (C=O) groups excluding carboxylic acids is 2. The molecule has 2 aromatic rings. The normalized spacial score (nSPS) is 10.1. The maximum absolute atomic E-state index is 12.7. The summed E-state index contributed by atoms with van der Waals surface area (Å²) < 4.78 is 16.3. The maximum atomic E-state index is 12.7. The zero-order valence-electron chi connectivity index (χ0n) is 10.5. The Bertz CT molecular complexity index is 627. The average molecular weight is 294 g/mol. The summed E-state index contributed by atoms with van der Waals surface area (Å²) in [4.78, 5) is 23.6. The van der Waals surface area contributed by atoms with Gasteiger partial charge >= 0.3 is 0 Å². The van der Waals surface area contributed by atoms with Crippen LogP contribution in [0.25, 0.3) is 0 Å². The number of hydrazine groups is 1. The van der Waals surface area contributed by atoms with E-state index in [1.54, 1.807) is 6.92 Å². The lowest BCUT2D eigenvalue weighted by molar-refractivity contribution is -0.121. The molecule has 0 spiro atoms. The van der Waals surface area contributed by atoms with Gasteiger partial charge in [-0.15, -0.1) is 5.10 Å². The molecule has 2 rings (SSSR count). The largest absolute Gasteiger partial charge is 0.283 e. The summed E-state index contributed by atoms with van der Waals surface area (Å²) in [5.41, 5.74) is 5.70. The predicted molar refractivity (Wildman–Crippen MR) is 70.4 cm³/mol. The quantitative estimate of drug-likeness (QED) is 0.827. The molecule has 8 heteroatoms. The Morgan fingerprint density at radius 2 is 1.95 bits per heavy atom. The van der Waals surface area contributed by atoms with Crippen molar-refractivity contribution >= 4 is 23.3 Å². The summed E-state index contributed by atoms with van der Waals surface area (Å²) in [6.45, 7) is 1.65. The molecule has 0 unspecified atom stereocenters. The molecule has 0 saturated heterocycles. The summed E-state index contributed by atoms with van der Waals surface area (Å²) in [5, 5.41) is 3.70. The lowest BCUT2D eigenvalue weighted by atomic mass is 10.1. The van der Waals surface area contributed by atoms with Crippen molar-refractivity contribution in [2.24, 2.45) is 0 Å². The van der Waals surface area contributed by atoms with Gasteiger partial charge in [0.1, 0.15) is 10.7 Å². The summed E-state index contributed by atoms with van der Waals surface area (Å²) in [5.74, 6) is -1.24. The van der Waals surface area contributed by atoms with Crippen molar-refractivity contribution < 1.29 is 14.0 Å². The average Bonchev–Trinajstić information content (AvgIpc) is 2.85. The van der Waals surface area contributed by atoms with E-state index in [0.717, 1.165) is 11.5 Å². The zero-order chi connectivity index (χ0) is 14.5. The van der Waals surface area contributed by atoms with Gasteiger partial charge in [-0.1, -0.05) is 16.6 Å². The molecule has 0 atom stereocenters. The van der Waals surface area contributed by atoms with Crippen LogP contribution in [0.15, 0.2) is 24.3 Å². The number of nitrogens with one attached hydrogen (secondary N) is 2. The number of aromatic nitrogens is 2. The van der Waals surface area contributed by atoms with Gasteiger partial charge in [-0.2, -0.15) is 0 Å². The molecule has 2 N–H and O–H groups in total. The zero-order valence-corrected chi connectivity index (χ0v) is 11.3. The van der Waals surface area contributed by atoms with Gasteiger partial charge in [0.2, 0.25) is 5.91 Å². The molecule has 0 bridgehead atoms. The van der Waals surface area contributed by atoms with Crippen molar-refractivity contribution in [3.63, 3.8) is 0 Å².